The lowest BCUT2D eigenvalue weighted by Gasteiger charge is -2.49. The van der Waals surface area contributed by atoms with Crippen molar-refractivity contribution < 1.29 is 154 Å². The van der Waals surface area contributed by atoms with Crippen molar-refractivity contribution >= 4 is 0 Å². The Morgan fingerprint density at radius 2 is 0.433 bits per heavy atom. The number of ether oxygens (including phenoxy) is 11. The predicted molar refractivity (Wildman–Crippen MR) is 199 cm³/mol. The fourth-order valence-corrected chi connectivity index (χ4v) is 8.52. The average Bonchev–Trinajstić information content (AvgIpc) is 3.32. The molecular formula is C36H62O31. The first-order valence-corrected chi connectivity index (χ1v) is 21.1. The summed E-state index contributed by atoms with van der Waals surface area (Å²) in [6.07, 6.45) is -56.5. The zero-order valence-corrected chi connectivity index (χ0v) is 35.0. The van der Waals surface area contributed by atoms with Gasteiger partial charge in [0.25, 0.3) is 0 Å². The SMILES string of the molecule is OC[C@H]1OC(O[C@@H]2[C@H](O)[C@@H](O)C(O[C@@H]3[C@H](O)[C@@H](O)C(O[C@@H]4[C@H](O)[C@@H](O)C(O[C@@H]5[C@H](O)[C@@H](O)C(O[C@@H]6[C@H](O)[C@@H](O)C(O)O[C@@H]6CO)O[C@@H]5CO)O[C@@H]4CO)O[C@@H]3CO)O[C@@H]2CO)[C@H](O)[C@@H](O)[C@H]1O. The van der Waals surface area contributed by atoms with Crippen molar-refractivity contribution in [2.24, 2.45) is 0 Å². The van der Waals surface area contributed by atoms with Gasteiger partial charge >= 0.3 is 0 Å². The quantitative estimate of drug-likeness (QED) is 0.0683. The first-order valence-electron chi connectivity index (χ1n) is 21.1. The lowest BCUT2D eigenvalue weighted by molar-refractivity contribution is -0.396. The van der Waals surface area contributed by atoms with Gasteiger partial charge in [-0.1, -0.05) is 0 Å². The normalized spacial score (nSPS) is 53.4. The van der Waals surface area contributed by atoms with E-state index in [2.05, 4.69) is 0 Å². The molecule has 0 aromatic carbocycles. The predicted octanol–water partition coefficient (Wildman–Crippen LogP) is -14.1. The van der Waals surface area contributed by atoms with Crippen LogP contribution in [-0.4, -0.2) is 326 Å². The topological polar surface area (TPSA) is 506 Å². The molecule has 6 aliphatic heterocycles. The summed E-state index contributed by atoms with van der Waals surface area (Å²) < 4.78 is 60.5. The molecule has 31 heteroatoms. The summed E-state index contributed by atoms with van der Waals surface area (Å²) in [6, 6.07) is 0. The summed E-state index contributed by atoms with van der Waals surface area (Å²) in [5.41, 5.74) is 0. The highest BCUT2D eigenvalue weighted by atomic mass is 16.8. The Morgan fingerprint density at radius 1 is 0.224 bits per heavy atom. The van der Waals surface area contributed by atoms with Gasteiger partial charge in [-0.05, 0) is 0 Å². The summed E-state index contributed by atoms with van der Waals surface area (Å²) in [6.45, 7) is -5.67. The molecule has 67 heavy (non-hydrogen) atoms. The molecule has 0 aromatic heterocycles. The molecule has 6 aliphatic rings. The Bertz CT molecular complexity index is 1500. The third-order valence-electron chi connectivity index (χ3n) is 12.4. The molecule has 30 atom stereocenters. The minimum atomic E-state index is -2.18. The maximum Gasteiger partial charge on any atom is 0.187 e. The Kier molecular flexibility index (Phi) is 19.4. The maximum absolute atomic E-state index is 11.2. The molecule has 6 fully saturated rings. The minimum Gasteiger partial charge on any atom is -0.394 e. The van der Waals surface area contributed by atoms with E-state index in [9.17, 15) is 102 Å². The van der Waals surface area contributed by atoms with Crippen LogP contribution >= 0.6 is 0 Å². The van der Waals surface area contributed by atoms with Crippen LogP contribution in [0.25, 0.3) is 0 Å². The van der Waals surface area contributed by atoms with Crippen LogP contribution in [0.2, 0.25) is 0 Å². The van der Waals surface area contributed by atoms with Crippen molar-refractivity contribution in [2.45, 2.75) is 184 Å². The lowest BCUT2D eigenvalue weighted by atomic mass is 9.95. The Balaban J connectivity index is 1.07. The summed E-state index contributed by atoms with van der Waals surface area (Å²) >= 11 is 0. The monoisotopic (exact) mass is 990 g/mol. The van der Waals surface area contributed by atoms with Crippen LogP contribution in [0.5, 0.6) is 0 Å². The third kappa shape index (κ3) is 11.2. The highest BCUT2D eigenvalue weighted by Gasteiger charge is 2.57. The van der Waals surface area contributed by atoms with Crippen molar-refractivity contribution in [1.29, 1.82) is 0 Å². The number of aliphatic hydroxyl groups excluding tert-OH is 20. The van der Waals surface area contributed by atoms with Gasteiger partial charge in [-0.3, -0.25) is 0 Å². The van der Waals surface area contributed by atoms with E-state index in [1.54, 1.807) is 0 Å². The Labute approximate surface area is 378 Å². The highest BCUT2D eigenvalue weighted by molar-refractivity contribution is 5.00. The molecule has 6 unspecified atom stereocenters. The minimum absolute atomic E-state index is 0.830. The van der Waals surface area contributed by atoms with E-state index >= 15 is 0 Å². The van der Waals surface area contributed by atoms with E-state index in [4.69, 9.17) is 52.1 Å². The first kappa shape index (κ1) is 55.1. The maximum atomic E-state index is 11.2. The van der Waals surface area contributed by atoms with Gasteiger partial charge in [0.2, 0.25) is 0 Å². The molecule has 392 valence electrons. The van der Waals surface area contributed by atoms with Gasteiger partial charge in [-0.15, -0.1) is 0 Å². The van der Waals surface area contributed by atoms with Crippen LogP contribution in [0.1, 0.15) is 0 Å². The fraction of sp³-hybridized carbons (Fsp3) is 1.00. The molecule has 6 rings (SSSR count). The molecule has 6 heterocycles. The molecule has 31 nitrogen and oxygen atoms in total. The van der Waals surface area contributed by atoms with Crippen LogP contribution < -0.4 is 0 Å². The van der Waals surface area contributed by atoms with Crippen molar-refractivity contribution in [2.75, 3.05) is 39.6 Å². The van der Waals surface area contributed by atoms with E-state index in [0.717, 1.165) is 0 Å². The second-order valence-corrected chi connectivity index (χ2v) is 16.8. The molecule has 0 saturated carbocycles. The summed E-state index contributed by atoms with van der Waals surface area (Å²) in [5.74, 6) is 0. The number of hydrogen-bond donors (Lipinski definition) is 20. The number of rotatable bonds is 16. The Morgan fingerprint density at radius 3 is 0.687 bits per heavy atom. The van der Waals surface area contributed by atoms with Gasteiger partial charge in [0, 0.05) is 0 Å². The molecular weight excluding hydrogens is 928 g/mol. The molecule has 0 amide bonds. The smallest absolute Gasteiger partial charge is 0.187 e. The van der Waals surface area contributed by atoms with E-state index < -0.39 is 224 Å². The van der Waals surface area contributed by atoms with Crippen molar-refractivity contribution in [3.63, 3.8) is 0 Å². The van der Waals surface area contributed by atoms with Gasteiger partial charge in [0.1, 0.15) is 146 Å². The molecule has 20 N–H and O–H groups in total. The lowest BCUT2D eigenvalue weighted by Crippen LogP contribution is -2.68. The fourth-order valence-electron chi connectivity index (χ4n) is 8.52. The second-order valence-electron chi connectivity index (χ2n) is 16.8. The summed E-state index contributed by atoms with van der Waals surface area (Å²) in [7, 11) is 0. The molecule has 0 radical (unpaired) electrons. The molecule has 0 aliphatic carbocycles. The largest absolute Gasteiger partial charge is 0.394 e. The van der Waals surface area contributed by atoms with Crippen molar-refractivity contribution in [1.82, 2.24) is 0 Å². The second kappa shape index (κ2) is 23.5. The molecule has 0 spiro atoms. The van der Waals surface area contributed by atoms with Crippen LogP contribution in [-0.2, 0) is 52.1 Å². The summed E-state index contributed by atoms with van der Waals surface area (Å²) in [4.78, 5) is 0. The van der Waals surface area contributed by atoms with Gasteiger partial charge in [0.05, 0.1) is 39.6 Å². The van der Waals surface area contributed by atoms with Gasteiger partial charge in [-0.25, -0.2) is 0 Å². The van der Waals surface area contributed by atoms with E-state index in [0.29, 0.717) is 0 Å². The van der Waals surface area contributed by atoms with E-state index in [1.807, 2.05) is 0 Å². The van der Waals surface area contributed by atoms with Gasteiger partial charge in [0.15, 0.2) is 37.7 Å². The van der Waals surface area contributed by atoms with Crippen LogP contribution in [0, 0.1) is 0 Å². The van der Waals surface area contributed by atoms with Crippen molar-refractivity contribution in [3.8, 4) is 0 Å². The standard InChI is InChI=1S/C36H62O31/c37-1-7-13(43)14(44)21(51)32(58-7)64-27-9(3-39)60-34(23(53)16(27)46)66-29-11(5-41)62-36(25(55)18(29)48)67-30-12(6-42)61-35(24(54)19(30)49)65-28-10(4-40)59-33(22(52)17(28)47)63-26-8(2-38)57-31(56)20(50)15(26)45/h7-56H,1-6H2/t7-,8-,9-,10-,11-,12-,13+,14+,15-,16-,17-,18-,19-,20-,21-,22-,23-,24-,25-,26+,27+,28+,29+,30+,31?,32?,33?,34?,35?,36?/m1/s1. The van der Waals surface area contributed by atoms with E-state index in [1.165, 1.54) is 0 Å². The summed E-state index contributed by atoms with van der Waals surface area (Å²) in [5, 5.41) is 209. The van der Waals surface area contributed by atoms with Crippen LogP contribution in [0.15, 0.2) is 0 Å². The Hall–Kier alpha value is -1.24. The number of hydrogen-bond acceptors (Lipinski definition) is 31. The average molecular weight is 991 g/mol. The first-order chi connectivity index (χ1) is 31.8. The highest BCUT2D eigenvalue weighted by Crippen LogP contribution is 2.36. The van der Waals surface area contributed by atoms with Crippen LogP contribution in [0.3, 0.4) is 0 Å². The van der Waals surface area contributed by atoms with Gasteiger partial charge < -0.3 is 154 Å². The van der Waals surface area contributed by atoms with Crippen LogP contribution in [0.4, 0.5) is 0 Å². The molecule has 6 saturated heterocycles. The van der Waals surface area contributed by atoms with Gasteiger partial charge in [-0.2, -0.15) is 0 Å². The molecule has 0 bridgehead atoms. The van der Waals surface area contributed by atoms with Crippen molar-refractivity contribution in [3.05, 3.63) is 0 Å². The number of aliphatic hydroxyl groups is 20. The zero-order valence-electron chi connectivity index (χ0n) is 35.0. The molecule has 0 aromatic rings. The van der Waals surface area contributed by atoms with E-state index in [-0.39, 0.29) is 0 Å². The zero-order chi connectivity index (χ0) is 49.3. The third-order valence-corrected chi connectivity index (χ3v) is 12.4.